The average molecular weight is 455 g/mol. The molecule has 0 spiro atoms. The lowest BCUT2D eigenvalue weighted by Crippen LogP contribution is -2.36. The summed E-state index contributed by atoms with van der Waals surface area (Å²) in [4.78, 5) is 52.8. The molecule has 4 rings (SSSR count). The highest BCUT2D eigenvalue weighted by Crippen LogP contribution is 2.40. The lowest BCUT2D eigenvalue weighted by atomic mass is 10.0. The minimum Gasteiger partial charge on any atom is -0.324 e. The molecule has 1 saturated heterocycles. The van der Waals surface area contributed by atoms with Crippen molar-refractivity contribution in [2.45, 2.75) is 6.92 Å². The third-order valence-electron chi connectivity index (χ3n) is 4.75. The Labute approximate surface area is 187 Å². The number of hydrogen-bond acceptors (Lipinski definition) is 5. The minimum absolute atomic E-state index is 0.0127. The van der Waals surface area contributed by atoms with Gasteiger partial charge in [0.2, 0.25) is 11.8 Å². The van der Waals surface area contributed by atoms with E-state index < -0.39 is 23.6 Å². The second-order valence-corrected chi connectivity index (χ2v) is 7.63. The molecule has 4 amide bonds. The third kappa shape index (κ3) is 3.69. The van der Waals surface area contributed by atoms with E-state index in [0.29, 0.717) is 22.0 Å². The van der Waals surface area contributed by atoms with Crippen molar-refractivity contribution in [1.29, 1.82) is 0 Å². The molecule has 8 nitrogen and oxygen atoms in total. The minimum atomic E-state index is -0.649. The monoisotopic (exact) mass is 454 g/mol. The Morgan fingerprint density at radius 1 is 1.13 bits per heavy atom. The van der Waals surface area contributed by atoms with Gasteiger partial charge in [-0.15, -0.1) is 0 Å². The largest absolute Gasteiger partial charge is 0.324 e. The van der Waals surface area contributed by atoms with E-state index in [1.807, 2.05) is 0 Å². The fourth-order valence-corrected chi connectivity index (χ4v) is 4.02. The highest BCUT2D eigenvalue weighted by Gasteiger charge is 2.43. The Bertz CT molecular complexity index is 1210. The third-order valence-corrected chi connectivity index (χ3v) is 5.27. The number of carbonyl (C=O) groups excluding carboxylic acids is 4. The number of halogens is 1. The lowest BCUT2D eigenvalue weighted by Gasteiger charge is -2.17. The van der Waals surface area contributed by atoms with Crippen molar-refractivity contribution in [1.82, 2.24) is 10.2 Å². The molecule has 2 N–H and O–H groups in total. The summed E-state index contributed by atoms with van der Waals surface area (Å²) in [5.74, 6) is -2.19. The average Bonchev–Trinajstić information content (AvgIpc) is 3.14. The molecular weight excluding hydrogens is 440 g/mol. The Hall–Kier alpha value is -3.56. The molecule has 2 aromatic carbocycles. The quantitative estimate of drug-likeness (QED) is 0.547. The van der Waals surface area contributed by atoms with Crippen LogP contribution in [-0.2, 0) is 19.2 Å². The van der Waals surface area contributed by atoms with Crippen LogP contribution in [0.15, 0.2) is 54.2 Å². The van der Waals surface area contributed by atoms with Crippen LogP contribution in [0.3, 0.4) is 0 Å². The van der Waals surface area contributed by atoms with Crippen molar-refractivity contribution >= 4 is 69.5 Å². The molecule has 10 heteroatoms. The predicted molar refractivity (Wildman–Crippen MR) is 119 cm³/mol. The highest BCUT2D eigenvalue weighted by molar-refractivity contribution is 7.80. The first-order valence-corrected chi connectivity index (χ1v) is 9.93. The molecule has 0 aromatic heterocycles. The molecule has 31 heavy (non-hydrogen) atoms. The van der Waals surface area contributed by atoms with Crippen LogP contribution in [0.2, 0.25) is 5.02 Å². The number of nitrogens with zero attached hydrogens (tertiary/aromatic N) is 2. The van der Waals surface area contributed by atoms with E-state index in [1.165, 1.54) is 11.8 Å². The van der Waals surface area contributed by atoms with Gasteiger partial charge in [-0.25, -0.2) is 0 Å². The van der Waals surface area contributed by atoms with E-state index in [1.54, 1.807) is 48.5 Å². The van der Waals surface area contributed by atoms with Crippen molar-refractivity contribution in [3.8, 4) is 0 Å². The number of fused-ring (bicyclic) bond motifs is 1. The number of carbonyl (C=O) groups is 4. The van der Waals surface area contributed by atoms with E-state index >= 15 is 0 Å². The van der Waals surface area contributed by atoms with Crippen molar-refractivity contribution in [2.24, 2.45) is 0 Å². The SMILES string of the molecule is CC(=O)N1C(=S)NC(=O)C1=C1C(=O)N(CC(=O)Nc2cccc(Cl)c2)c2ccccc21. The van der Waals surface area contributed by atoms with Crippen molar-refractivity contribution in [2.75, 3.05) is 16.8 Å². The van der Waals surface area contributed by atoms with Gasteiger partial charge in [-0.2, -0.15) is 0 Å². The molecule has 0 aliphatic carbocycles. The molecule has 1 fully saturated rings. The van der Waals surface area contributed by atoms with Gasteiger partial charge in [0.1, 0.15) is 12.2 Å². The second-order valence-electron chi connectivity index (χ2n) is 6.80. The standard InChI is InChI=1S/C21H15ClN4O4S/c1-11(27)26-18(19(29)24-21(26)31)17-14-7-2-3-8-15(14)25(20(17)30)10-16(28)23-13-6-4-5-12(22)9-13/h2-9H,10H2,1H3,(H,23,28)(H,24,29,31). The molecule has 2 aromatic rings. The molecule has 2 heterocycles. The van der Waals surface area contributed by atoms with Crippen molar-refractivity contribution in [3.05, 3.63) is 64.8 Å². The summed E-state index contributed by atoms with van der Waals surface area (Å²) in [6.07, 6.45) is 0. The molecule has 0 unspecified atom stereocenters. The van der Waals surface area contributed by atoms with Gasteiger partial charge in [-0.1, -0.05) is 35.9 Å². The Morgan fingerprint density at radius 2 is 1.87 bits per heavy atom. The molecule has 0 saturated carbocycles. The zero-order valence-electron chi connectivity index (χ0n) is 16.1. The van der Waals surface area contributed by atoms with Gasteiger partial charge in [0.15, 0.2) is 5.11 Å². The first-order valence-electron chi connectivity index (χ1n) is 9.15. The number of anilines is 2. The fraction of sp³-hybridized carbons (Fsp3) is 0.0952. The van der Waals surface area contributed by atoms with Gasteiger partial charge in [-0.3, -0.25) is 34.3 Å². The maximum absolute atomic E-state index is 13.3. The zero-order valence-corrected chi connectivity index (χ0v) is 17.7. The van der Waals surface area contributed by atoms with Crippen LogP contribution in [0.1, 0.15) is 12.5 Å². The summed E-state index contributed by atoms with van der Waals surface area (Å²) < 4.78 is 0. The van der Waals surface area contributed by atoms with Crippen LogP contribution in [0.25, 0.3) is 5.57 Å². The number of amides is 4. The van der Waals surface area contributed by atoms with Crippen molar-refractivity contribution < 1.29 is 19.2 Å². The summed E-state index contributed by atoms with van der Waals surface area (Å²) in [5, 5.41) is 5.45. The van der Waals surface area contributed by atoms with E-state index in [0.717, 1.165) is 4.90 Å². The molecule has 2 aliphatic rings. The van der Waals surface area contributed by atoms with Crippen LogP contribution < -0.4 is 15.5 Å². The Balaban J connectivity index is 1.71. The Morgan fingerprint density at radius 3 is 2.58 bits per heavy atom. The van der Waals surface area contributed by atoms with E-state index in [9.17, 15) is 19.2 Å². The van der Waals surface area contributed by atoms with Crippen LogP contribution in [0.4, 0.5) is 11.4 Å². The first kappa shape index (κ1) is 20.7. The van der Waals surface area contributed by atoms with Crippen LogP contribution in [0, 0.1) is 0 Å². The number of benzene rings is 2. The summed E-state index contributed by atoms with van der Waals surface area (Å²) in [5.41, 5.74) is 1.24. The fourth-order valence-electron chi connectivity index (χ4n) is 3.52. The van der Waals surface area contributed by atoms with E-state index in [-0.39, 0.29) is 22.9 Å². The number of thiocarbonyl (C=S) groups is 1. The van der Waals surface area contributed by atoms with Gasteiger partial charge in [0.25, 0.3) is 11.8 Å². The number of rotatable bonds is 3. The summed E-state index contributed by atoms with van der Waals surface area (Å²) in [6.45, 7) is 0.944. The van der Waals surface area contributed by atoms with Gasteiger partial charge in [0.05, 0.1) is 11.3 Å². The first-order chi connectivity index (χ1) is 14.8. The maximum Gasteiger partial charge on any atom is 0.275 e. The van der Waals surface area contributed by atoms with E-state index in [2.05, 4.69) is 10.6 Å². The number of nitrogens with one attached hydrogen (secondary N) is 2. The predicted octanol–water partition coefficient (Wildman–Crippen LogP) is 2.30. The topological polar surface area (TPSA) is 98.8 Å². The van der Waals surface area contributed by atoms with Gasteiger partial charge in [0, 0.05) is 23.2 Å². The second kappa shape index (κ2) is 7.93. The van der Waals surface area contributed by atoms with Crippen LogP contribution in [-0.4, -0.2) is 40.2 Å². The Kier molecular flexibility index (Phi) is 5.30. The summed E-state index contributed by atoms with van der Waals surface area (Å²) >= 11 is 11.0. The van der Waals surface area contributed by atoms with Gasteiger partial charge >= 0.3 is 0 Å². The maximum atomic E-state index is 13.3. The molecule has 0 radical (unpaired) electrons. The molecule has 0 bridgehead atoms. The molecule has 2 aliphatic heterocycles. The van der Waals surface area contributed by atoms with Crippen LogP contribution >= 0.6 is 23.8 Å². The van der Waals surface area contributed by atoms with Gasteiger partial charge < -0.3 is 5.32 Å². The lowest BCUT2D eigenvalue weighted by molar-refractivity contribution is -0.125. The van der Waals surface area contributed by atoms with Crippen LogP contribution in [0.5, 0.6) is 0 Å². The zero-order chi connectivity index (χ0) is 22.3. The van der Waals surface area contributed by atoms with E-state index in [4.69, 9.17) is 23.8 Å². The smallest absolute Gasteiger partial charge is 0.275 e. The van der Waals surface area contributed by atoms with Crippen molar-refractivity contribution in [3.63, 3.8) is 0 Å². The molecule has 156 valence electrons. The number of hydrogen-bond donors (Lipinski definition) is 2. The highest BCUT2D eigenvalue weighted by atomic mass is 35.5. The van der Waals surface area contributed by atoms with Gasteiger partial charge in [-0.05, 0) is 36.5 Å². The normalized spacial score (nSPS) is 17.7. The summed E-state index contributed by atoms with van der Waals surface area (Å²) in [7, 11) is 0. The molecular formula is C21H15ClN4O4S. The molecule has 0 atom stereocenters. The number of para-hydroxylation sites is 1. The summed E-state index contributed by atoms with van der Waals surface area (Å²) in [6, 6.07) is 13.3.